The van der Waals surface area contributed by atoms with Crippen LogP contribution in [0.25, 0.3) is 10.8 Å². The quantitative estimate of drug-likeness (QED) is 0.723. The van der Waals surface area contributed by atoms with Crippen molar-refractivity contribution in [2.75, 3.05) is 0 Å². The number of halogens is 2. The highest BCUT2D eigenvalue weighted by atomic mass is 28.4. The van der Waals surface area contributed by atoms with Crippen molar-refractivity contribution < 1.29 is 13.2 Å². The van der Waals surface area contributed by atoms with Gasteiger partial charge in [0.15, 0.2) is 0 Å². The third-order valence-electron chi connectivity index (χ3n) is 2.26. The molecular weight excluding hydrogens is 238 g/mol. The molecule has 0 aliphatic heterocycles. The Morgan fingerprint density at radius 3 is 2.35 bits per heavy atom. The molecule has 90 valence electrons. The molecule has 2 aromatic rings. The number of hydrogen-bond acceptors (Lipinski definition) is 1. The fraction of sp³-hybridized carbons (Fsp3) is 0.231. The molecule has 0 saturated heterocycles. The molecule has 1 nitrogen and oxygen atoms in total. The van der Waals surface area contributed by atoms with Gasteiger partial charge in [0.1, 0.15) is 17.4 Å². The normalized spacial score (nSPS) is 11.8. The molecule has 2 aromatic carbocycles. The first-order valence-corrected chi connectivity index (χ1v) is 8.84. The van der Waals surface area contributed by atoms with Gasteiger partial charge in [0.2, 0.25) is 8.32 Å². The highest BCUT2D eigenvalue weighted by molar-refractivity contribution is 6.70. The van der Waals surface area contributed by atoms with Gasteiger partial charge >= 0.3 is 0 Å². The van der Waals surface area contributed by atoms with Crippen molar-refractivity contribution in [3.8, 4) is 5.75 Å². The van der Waals surface area contributed by atoms with E-state index in [4.69, 9.17) is 4.43 Å². The predicted molar refractivity (Wildman–Crippen MR) is 67.8 cm³/mol. The smallest absolute Gasteiger partial charge is 0.242 e. The van der Waals surface area contributed by atoms with Crippen LogP contribution in [0.5, 0.6) is 5.75 Å². The summed E-state index contributed by atoms with van der Waals surface area (Å²) < 4.78 is 32.3. The summed E-state index contributed by atoms with van der Waals surface area (Å²) in [7, 11) is -1.70. The van der Waals surface area contributed by atoms with E-state index in [1.54, 1.807) is 18.2 Å². The second-order valence-electron chi connectivity index (χ2n) is 4.98. The molecule has 0 spiro atoms. The molecule has 0 amide bonds. The molecule has 0 aliphatic carbocycles. The van der Waals surface area contributed by atoms with Crippen LogP contribution in [0, 0.1) is 11.6 Å². The maximum Gasteiger partial charge on any atom is 0.242 e. The van der Waals surface area contributed by atoms with E-state index in [1.165, 1.54) is 6.07 Å². The zero-order valence-corrected chi connectivity index (χ0v) is 11.1. The van der Waals surface area contributed by atoms with Crippen LogP contribution in [0.2, 0.25) is 19.6 Å². The van der Waals surface area contributed by atoms with E-state index in [9.17, 15) is 8.78 Å². The van der Waals surface area contributed by atoms with Crippen molar-refractivity contribution in [1.29, 1.82) is 0 Å². The molecule has 0 heterocycles. The lowest BCUT2D eigenvalue weighted by Gasteiger charge is -2.19. The van der Waals surface area contributed by atoms with Gasteiger partial charge in [0.25, 0.3) is 0 Å². The Labute approximate surface area is 100 Å². The van der Waals surface area contributed by atoms with Gasteiger partial charge in [0, 0.05) is 11.5 Å². The average Bonchev–Trinajstić information content (AvgIpc) is 2.13. The van der Waals surface area contributed by atoms with Gasteiger partial charge in [-0.15, -0.1) is 0 Å². The Morgan fingerprint density at radius 1 is 1.00 bits per heavy atom. The van der Waals surface area contributed by atoms with Crippen molar-refractivity contribution in [3.63, 3.8) is 0 Å². The Bertz CT molecular complexity index is 561. The Morgan fingerprint density at radius 2 is 1.71 bits per heavy atom. The van der Waals surface area contributed by atoms with Gasteiger partial charge in [-0.05, 0) is 49.3 Å². The van der Waals surface area contributed by atoms with E-state index >= 15 is 0 Å². The number of rotatable bonds is 2. The number of fused-ring (bicyclic) bond motifs is 1. The minimum atomic E-state index is -1.70. The van der Waals surface area contributed by atoms with E-state index in [2.05, 4.69) is 19.6 Å². The summed E-state index contributed by atoms with van der Waals surface area (Å²) in [6.45, 7) is 6.18. The second kappa shape index (κ2) is 4.11. The van der Waals surface area contributed by atoms with Crippen LogP contribution in [0.3, 0.4) is 0 Å². The molecule has 0 atom stereocenters. The van der Waals surface area contributed by atoms with Gasteiger partial charge in [-0.3, -0.25) is 0 Å². The molecule has 4 heteroatoms. The molecule has 0 fully saturated rings. The molecular formula is C13H14F2OSi. The number of benzene rings is 2. The fourth-order valence-electron chi connectivity index (χ4n) is 1.68. The summed E-state index contributed by atoms with van der Waals surface area (Å²) in [4.78, 5) is 0. The first-order chi connectivity index (χ1) is 7.85. The molecule has 0 unspecified atom stereocenters. The van der Waals surface area contributed by atoms with Crippen LogP contribution in [0.15, 0.2) is 30.3 Å². The lowest BCUT2D eigenvalue weighted by atomic mass is 10.1. The minimum Gasteiger partial charge on any atom is -0.544 e. The fourth-order valence-corrected chi connectivity index (χ4v) is 2.52. The minimum absolute atomic E-state index is 0.411. The standard InChI is InChI=1S/C13H14F2OSi/c1-17(2,3)16-11-4-5-12-9(7-11)6-10(14)8-13(12)15/h4-8H,1-3H3. The molecule has 2 rings (SSSR count). The third kappa shape index (κ3) is 2.82. The lowest BCUT2D eigenvalue weighted by Crippen LogP contribution is -2.29. The molecule has 0 aliphatic rings. The van der Waals surface area contributed by atoms with E-state index < -0.39 is 20.0 Å². The summed E-state index contributed by atoms with van der Waals surface area (Å²) in [5.74, 6) is -0.443. The van der Waals surface area contributed by atoms with Crippen LogP contribution in [0.1, 0.15) is 0 Å². The van der Waals surface area contributed by atoms with Gasteiger partial charge < -0.3 is 4.43 Å². The highest BCUT2D eigenvalue weighted by Gasteiger charge is 2.16. The molecule has 17 heavy (non-hydrogen) atoms. The zero-order valence-electron chi connectivity index (χ0n) is 10.1. The van der Waals surface area contributed by atoms with Crippen LogP contribution >= 0.6 is 0 Å². The van der Waals surface area contributed by atoms with Crippen LogP contribution in [0.4, 0.5) is 8.78 Å². The summed E-state index contributed by atoms with van der Waals surface area (Å²) >= 11 is 0. The Balaban J connectivity index is 2.50. The summed E-state index contributed by atoms with van der Waals surface area (Å²) in [5, 5.41) is 0.938. The predicted octanol–water partition coefficient (Wildman–Crippen LogP) is 4.33. The average molecular weight is 252 g/mol. The van der Waals surface area contributed by atoms with Gasteiger partial charge in [-0.1, -0.05) is 0 Å². The number of hydrogen-bond donors (Lipinski definition) is 0. The SMILES string of the molecule is C[Si](C)(C)Oc1ccc2c(F)cc(F)cc2c1. The maximum absolute atomic E-state index is 13.4. The maximum atomic E-state index is 13.4. The summed E-state index contributed by atoms with van der Waals surface area (Å²) in [6, 6.07) is 7.23. The van der Waals surface area contributed by atoms with Crippen LogP contribution in [-0.2, 0) is 0 Å². The lowest BCUT2D eigenvalue weighted by molar-refractivity contribution is 0.558. The summed E-state index contributed by atoms with van der Waals surface area (Å²) in [5.41, 5.74) is 0. The zero-order chi connectivity index (χ0) is 12.6. The molecule has 0 aromatic heterocycles. The summed E-state index contributed by atoms with van der Waals surface area (Å²) in [6.07, 6.45) is 0. The third-order valence-corrected chi connectivity index (χ3v) is 3.11. The topological polar surface area (TPSA) is 9.23 Å². The monoisotopic (exact) mass is 252 g/mol. The Hall–Kier alpha value is -1.42. The first-order valence-electron chi connectivity index (χ1n) is 5.43. The second-order valence-corrected chi connectivity index (χ2v) is 9.41. The van der Waals surface area contributed by atoms with E-state index in [1.807, 2.05) is 0 Å². The van der Waals surface area contributed by atoms with Gasteiger partial charge in [-0.25, -0.2) is 8.78 Å². The van der Waals surface area contributed by atoms with Crippen LogP contribution < -0.4 is 4.43 Å². The van der Waals surface area contributed by atoms with Crippen LogP contribution in [-0.4, -0.2) is 8.32 Å². The van der Waals surface area contributed by atoms with E-state index in [0.717, 1.165) is 6.07 Å². The van der Waals surface area contributed by atoms with Crippen molar-refractivity contribution >= 4 is 19.1 Å². The Kier molecular flexibility index (Phi) is 2.91. The molecule has 0 saturated carbocycles. The van der Waals surface area contributed by atoms with Crippen molar-refractivity contribution in [1.82, 2.24) is 0 Å². The van der Waals surface area contributed by atoms with Gasteiger partial charge in [0.05, 0.1) is 0 Å². The molecule has 0 radical (unpaired) electrons. The first kappa shape index (κ1) is 12.0. The van der Waals surface area contributed by atoms with Crippen molar-refractivity contribution in [3.05, 3.63) is 42.0 Å². The van der Waals surface area contributed by atoms with Crippen molar-refractivity contribution in [2.24, 2.45) is 0 Å². The largest absolute Gasteiger partial charge is 0.544 e. The molecule has 0 N–H and O–H groups in total. The van der Waals surface area contributed by atoms with Gasteiger partial charge in [-0.2, -0.15) is 0 Å². The molecule has 0 bridgehead atoms. The van der Waals surface area contributed by atoms with E-state index in [-0.39, 0.29) is 0 Å². The van der Waals surface area contributed by atoms with Crippen molar-refractivity contribution in [2.45, 2.75) is 19.6 Å². The highest BCUT2D eigenvalue weighted by Crippen LogP contribution is 2.25. The van der Waals surface area contributed by atoms with E-state index in [0.29, 0.717) is 16.5 Å².